The second-order valence-corrected chi connectivity index (χ2v) is 4.31. The van der Waals surface area contributed by atoms with Gasteiger partial charge in [0, 0.05) is 10.6 Å². The lowest BCUT2D eigenvalue weighted by atomic mass is 10.2. The number of aromatic nitrogens is 6. The van der Waals surface area contributed by atoms with Crippen LogP contribution < -0.4 is 0 Å². The molecule has 0 amide bonds. The summed E-state index contributed by atoms with van der Waals surface area (Å²) in [4.78, 5) is 8.26. The van der Waals surface area contributed by atoms with Crippen molar-refractivity contribution in [3.63, 3.8) is 0 Å². The highest BCUT2D eigenvalue weighted by atomic mass is 35.5. The van der Waals surface area contributed by atoms with E-state index in [4.69, 9.17) is 23.2 Å². The fourth-order valence-electron chi connectivity index (χ4n) is 1.48. The summed E-state index contributed by atoms with van der Waals surface area (Å²) in [7, 11) is 0. The number of nitrogens with one attached hydrogen (secondary N) is 2. The Bertz CT molecular complexity index is 676. The van der Waals surface area contributed by atoms with Gasteiger partial charge >= 0.3 is 0 Å². The van der Waals surface area contributed by atoms with Crippen molar-refractivity contribution in [1.82, 2.24) is 30.4 Å². The molecule has 0 aliphatic heterocycles. The van der Waals surface area contributed by atoms with Crippen molar-refractivity contribution in [3.05, 3.63) is 34.6 Å². The summed E-state index contributed by atoms with van der Waals surface area (Å²) in [5.74, 6) is 1.48. The van der Waals surface area contributed by atoms with Crippen molar-refractivity contribution in [1.29, 1.82) is 0 Å². The molecule has 2 aromatic heterocycles. The molecule has 0 bridgehead atoms. The summed E-state index contributed by atoms with van der Waals surface area (Å²) in [6, 6.07) is 5.13. The lowest BCUT2D eigenvalue weighted by Crippen LogP contribution is -1.84. The molecule has 3 rings (SSSR count). The first-order valence-electron chi connectivity index (χ1n) is 4.97. The molecule has 0 fully saturated rings. The molecule has 0 aliphatic carbocycles. The molecule has 1 aromatic carbocycles. The van der Waals surface area contributed by atoms with Crippen LogP contribution in [0, 0.1) is 0 Å². The third-order valence-corrected chi connectivity index (χ3v) is 2.84. The second-order valence-electron chi connectivity index (χ2n) is 3.47. The monoisotopic (exact) mass is 280 g/mol. The third kappa shape index (κ3) is 1.96. The molecular weight excluding hydrogens is 275 g/mol. The lowest BCUT2D eigenvalue weighted by molar-refractivity contribution is 1.05. The van der Waals surface area contributed by atoms with Gasteiger partial charge in [0.25, 0.3) is 0 Å². The van der Waals surface area contributed by atoms with Gasteiger partial charge in [0.2, 0.25) is 0 Å². The van der Waals surface area contributed by atoms with Gasteiger partial charge in [-0.05, 0) is 18.2 Å². The maximum absolute atomic E-state index is 6.08. The summed E-state index contributed by atoms with van der Waals surface area (Å²) in [6.07, 6.45) is 1.40. The maximum Gasteiger partial charge on any atom is 0.193 e. The number of hydrogen-bond acceptors (Lipinski definition) is 4. The van der Waals surface area contributed by atoms with Gasteiger partial charge in [-0.3, -0.25) is 10.2 Å². The van der Waals surface area contributed by atoms with E-state index in [1.165, 1.54) is 6.33 Å². The topological polar surface area (TPSA) is 83.1 Å². The molecule has 0 spiro atoms. The van der Waals surface area contributed by atoms with Gasteiger partial charge in [0.15, 0.2) is 17.5 Å². The van der Waals surface area contributed by atoms with Crippen LogP contribution >= 0.6 is 23.2 Å². The molecule has 6 nitrogen and oxygen atoms in total. The van der Waals surface area contributed by atoms with Crippen LogP contribution in [-0.4, -0.2) is 30.4 Å². The van der Waals surface area contributed by atoms with Crippen molar-refractivity contribution in [2.75, 3.05) is 0 Å². The second kappa shape index (κ2) is 4.40. The maximum atomic E-state index is 6.08. The van der Waals surface area contributed by atoms with Crippen molar-refractivity contribution < 1.29 is 0 Å². The summed E-state index contributed by atoms with van der Waals surface area (Å²) >= 11 is 11.9. The quantitative estimate of drug-likeness (QED) is 0.756. The fraction of sp³-hybridized carbons (Fsp3) is 0. The Morgan fingerprint density at radius 2 is 1.94 bits per heavy atom. The van der Waals surface area contributed by atoms with E-state index < -0.39 is 0 Å². The van der Waals surface area contributed by atoms with Crippen molar-refractivity contribution in [3.8, 4) is 23.0 Å². The molecule has 90 valence electrons. The molecule has 3 aromatic rings. The average molecular weight is 281 g/mol. The molecule has 18 heavy (non-hydrogen) atoms. The lowest BCUT2D eigenvalue weighted by Gasteiger charge is -1.98. The molecule has 0 saturated carbocycles. The zero-order valence-electron chi connectivity index (χ0n) is 8.85. The van der Waals surface area contributed by atoms with Crippen LogP contribution in [0.3, 0.4) is 0 Å². The van der Waals surface area contributed by atoms with Crippen LogP contribution in [0.5, 0.6) is 0 Å². The molecule has 8 heteroatoms. The minimum Gasteiger partial charge on any atom is -0.257 e. The van der Waals surface area contributed by atoms with Crippen LogP contribution in [-0.2, 0) is 0 Å². The SMILES string of the molecule is Clc1ccc(-c2n[nH]c(-c3ncn[nH]3)n2)c(Cl)c1. The molecule has 0 aliphatic rings. The highest BCUT2D eigenvalue weighted by Crippen LogP contribution is 2.28. The Hall–Kier alpha value is -1.92. The predicted molar refractivity (Wildman–Crippen MR) is 67.2 cm³/mol. The van der Waals surface area contributed by atoms with Crippen molar-refractivity contribution >= 4 is 23.2 Å². The van der Waals surface area contributed by atoms with Gasteiger partial charge in [-0.2, -0.15) is 10.2 Å². The van der Waals surface area contributed by atoms with E-state index in [2.05, 4.69) is 30.4 Å². The Morgan fingerprint density at radius 1 is 1.06 bits per heavy atom. The fourth-order valence-corrected chi connectivity index (χ4v) is 1.97. The normalized spacial score (nSPS) is 10.8. The highest BCUT2D eigenvalue weighted by molar-refractivity contribution is 6.36. The van der Waals surface area contributed by atoms with E-state index in [1.807, 2.05) is 0 Å². The van der Waals surface area contributed by atoms with Crippen LogP contribution in [0.25, 0.3) is 23.0 Å². The van der Waals surface area contributed by atoms with E-state index in [-0.39, 0.29) is 0 Å². The Morgan fingerprint density at radius 3 is 2.67 bits per heavy atom. The Balaban J connectivity index is 2.03. The van der Waals surface area contributed by atoms with Gasteiger partial charge in [-0.15, -0.1) is 0 Å². The van der Waals surface area contributed by atoms with E-state index in [0.717, 1.165) is 0 Å². The Labute approximate surface area is 111 Å². The van der Waals surface area contributed by atoms with Crippen LogP contribution in [0.15, 0.2) is 24.5 Å². The first-order valence-corrected chi connectivity index (χ1v) is 5.73. The molecular formula is C10H6Cl2N6. The number of rotatable bonds is 2. The van der Waals surface area contributed by atoms with E-state index in [0.29, 0.717) is 33.1 Å². The van der Waals surface area contributed by atoms with Crippen molar-refractivity contribution in [2.45, 2.75) is 0 Å². The molecule has 0 atom stereocenters. The summed E-state index contributed by atoms with van der Waals surface area (Å²) in [5, 5.41) is 14.3. The van der Waals surface area contributed by atoms with Gasteiger partial charge in [-0.1, -0.05) is 23.2 Å². The summed E-state index contributed by atoms with van der Waals surface area (Å²) in [5.41, 5.74) is 0.697. The number of hydrogen-bond donors (Lipinski definition) is 2. The average Bonchev–Trinajstić information content (AvgIpc) is 2.99. The largest absolute Gasteiger partial charge is 0.257 e. The minimum absolute atomic E-state index is 0.475. The number of halogens is 2. The number of nitrogens with zero attached hydrogens (tertiary/aromatic N) is 4. The van der Waals surface area contributed by atoms with Gasteiger partial charge < -0.3 is 0 Å². The van der Waals surface area contributed by atoms with E-state index >= 15 is 0 Å². The van der Waals surface area contributed by atoms with Gasteiger partial charge in [0.05, 0.1) is 5.02 Å². The zero-order valence-corrected chi connectivity index (χ0v) is 10.4. The van der Waals surface area contributed by atoms with Crippen molar-refractivity contribution in [2.24, 2.45) is 0 Å². The first kappa shape index (κ1) is 11.2. The van der Waals surface area contributed by atoms with E-state index in [1.54, 1.807) is 18.2 Å². The third-order valence-electron chi connectivity index (χ3n) is 2.30. The van der Waals surface area contributed by atoms with Gasteiger partial charge in [-0.25, -0.2) is 9.97 Å². The standard InChI is InChI=1S/C10H6Cl2N6/c11-5-1-2-6(7(12)3-5)8-15-10(18-17-8)9-13-4-14-16-9/h1-4H,(H,13,14,16)(H,15,17,18). The van der Waals surface area contributed by atoms with Crippen LogP contribution in [0.1, 0.15) is 0 Å². The number of benzene rings is 1. The molecule has 0 unspecified atom stereocenters. The molecule has 2 N–H and O–H groups in total. The number of H-pyrrole nitrogens is 2. The summed E-state index contributed by atoms with van der Waals surface area (Å²) < 4.78 is 0. The minimum atomic E-state index is 0.475. The first-order chi connectivity index (χ1) is 8.74. The molecule has 0 saturated heterocycles. The molecule has 0 radical (unpaired) electrons. The molecule has 2 heterocycles. The van der Waals surface area contributed by atoms with E-state index in [9.17, 15) is 0 Å². The Kier molecular flexibility index (Phi) is 2.73. The van der Waals surface area contributed by atoms with Crippen LogP contribution in [0.4, 0.5) is 0 Å². The predicted octanol–water partition coefficient (Wildman–Crippen LogP) is 2.56. The summed E-state index contributed by atoms with van der Waals surface area (Å²) in [6.45, 7) is 0. The smallest absolute Gasteiger partial charge is 0.193 e. The number of aromatic amines is 2. The highest BCUT2D eigenvalue weighted by Gasteiger charge is 2.12. The van der Waals surface area contributed by atoms with Gasteiger partial charge in [0.1, 0.15) is 6.33 Å². The van der Waals surface area contributed by atoms with Crippen LogP contribution in [0.2, 0.25) is 10.0 Å². The zero-order chi connectivity index (χ0) is 12.5.